The normalized spacial score (nSPS) is 10.9. The van der Waals surface area contributed by atoms with Crippen molar-refractivity contribution in [3.05, 3.63) is 90.0 Å². The third-order valence-electron chi connectivity index (χ3n) is 5.50. The summed E-state index contributed by atoms with van der Waals surface area (Å²) < 4.78 is 10.9. The summed E-state index contributed by atoms with van der Waals surface area (Å²) in [4.78, 5) is 13.8. The maximum atomic E-state index is 11.6. The third-order valence-corrected chi connectivity index (χ3v) is 5.50. The summed E-state index contributed by atoms with van der Waals surface area (Å²) in [5.41, 5.74) is 5.32. The Labute approximate surface area is 203 Å². The fraction of sp³-hybridized carbons (Fsp3) is 0.300. The van der Waals surface area contributed by atoms with Gasteiger partial charge in [-0.05, 0) is 80.4 Å². The number of carbonyl (C=O) groups is 1. The number of unbranched alkanes of at least 4 members (excludes halogenated alkanes) is 3. The number of hydrogen-bond donors (Lipinski definition) is 0. The second-order valence-electron chi connectivity index (χ2n) is 8.25. The van der Waals surface area contributed by atoms with Gasteiger partial charge in [0.1, 0.15) is 5.75 Å². The van der Waals surface area contributed by atoms with E-state index in [2.05, 4.69) is 67.3 Å². The van der Waals surface area contributed by atoms with E-state index in [0.717, 1.165) is 41.4 Å². The van der Waals surface area contributed by atoms with Crippen molar-refractivity contribution in [2.75, 3.05) is 18.1 Å². The zero-order chi connectivity index (χ0) is 24.2. The summed E-state index contributed by atoms with van der Waals surface area (Å²) in [6, 6.07) is 24.9. The Bertz CT molecular complexity index is 1040. The maximum absolute atomic E-state index is 11.6. The quantitative estimate of drug-likeness (QED) is 0.157. The average molecular weight is 458 g/mol. The minimum atomic E-state index is -0.333. The number of nitrogens with zero attached hydrogens (tertiary/aromatic N) is 1. The van der Waals surface area contributed by atoms with Gasteiger partial charge in [-0.25, -0.2) is 4.79 Å². The van der Waals surface area contributed by atoms with Crippen LogP contribution in [0.25, 0.3) is 6.08 Å². The lowest BCUT2D eigenvalue weighted by Crippen LogP contribution is -2.10. The van der Waals surface area contributed by atoms with Crippen LogP contribution in [-0.2, 0) is 9.53 Å². The number of ether oxygens (including phenoxy) is 2. The van der Waals surface area contributed by atoms with Gasteiger partial charge in [-0.3, -0.25) is 0 Å². The van der Waals surface area contributed by atoms with Gasteiger partial charge in [0.05, 0.1) is 13.2 Å². The number of carbonyl (C=O) groups excluding carboxylic acids is 1. The van der Waals surface area contributed by atoms with Crippen molar-refractivity contribution in [2.45, 2.75) is 46.5 Å². The number of hydrogen-bond acceptors (Lipinski definition) is 4. The summed E-state index contributed by atoms with van der Waals surface area (Å²) in [5.74, 6) is 0.559. The van der Waals surface area contributed by atoms with Gasteiger partial charge in [0.2, 0.25) is 0 Å². The molecule has 0 aliphatic heterocycles. The Morgan fingerprint density at radius 3 is 1.97 bits per heavy atom. The van der Waals surface area contributed by atoms with Crippen molar-refractivity contribution < 1.29 is 14.3 Å². The first kappa shape index (κ1) is 25.1. The Morgan fingerprint density at radius 1 is 0.794 bits per heavy atom. The molecule has 34 heavy (non-hydrogen) atoms. The second-order valence-corrected chi connectivity index (χ2v) is 8.25. The lowest BCUT2D eigenvalue weighted by atomic mass is 10.1. The van der Waals surface area contributed by atoms with Crippen LogP contribution < -0.4 is 9.64 Å². The molecule has 0 amide bonds. The van der Waals surface area contributed by atoms with Gasteiger partial charge in [-0.2, -0.15) is 0 Å². The van der Waals surface area contributed by atoms with Gasteiger partial charge in [0.15, 0.2) is 0 Å². The Kier molecular flexibility index (Phi) is 9.78. The molecule has 4 heteroatoms. The highest BCUT2D eigenvalue weighted by molar-refractivity contribution is 5.87. The summed E-state index contributed by atoms with van der Waals surface area (Å²) in [6.07, 6.45) is 8.00. The molecular formula is C30H35NO3. The molecule has 0 bridgehead atoms. The summed E-state index contributed by atoms with van der Waals surface area (Å²) in [6.45, 7) is 7.23. The molecule has 0 spiro atoms. The molecule has 0 radical (unpaired) electrons. The first-order valence-corrected chi connectivity index (χ1v) is 12.1. The highest BCUT2D eigenvalue weighted by Crippen LogP contribution is 2.35. The van der Waals surface area contributed by atoms with Crippen LogP contribution in [0.5, 0.6) is 5.75 Å². The number of anilines is 3. The molecule has 3 rings (SSSR count). The van der Waals surface area contributed by atoms with E-state index in [0.29, 0.717) is 6.61 Å². The maximum Gasteiger partial charge on any atom is 0.330 e. The van der Waals surface area contributed by atoms with Crippen LogP contribution in [0.2, 0.25) is 0 Å². The number of benzene rings is 3. The molecule has 3 aromatic carbocycles. The third kappa shape index (κ3) is 7.51. The first-order chi connectivity index (χ1) is 16.6. The molecule has 0 fully saturated rings. The molecule has 0 aliphatic carbocycles. The van der Waals surface area contributed by atoms with E-state index < -0.39 is 0 Å². The Morgan fingerprint density at radius 2 is 1.38 bits per heavy atom. The van der Waals surface area contributed by atoms with E-state index >= 15 is 0 Å². The molecule has 0 heterocycles. The molecule has 0 N–H and O–H groups in total. The Balaban J connectivity index is 1.79. The molecule has 0 aromatic heterocycles. The van der Waals surface area contributed by atoms with E-state index in [1.165, 1.54) is 30.9 Å². The van der Waals surface area contributed by atoms with Crippen LogP contribution in [0, 0.1) is 6.92 Å². The highest BCUT2D eigenvalue weighted by Gasteiger charge is 2.12. The van der Waals surface area contributed by atoms with E-state index in [4.69, 9.17) is 9.47 Å². The standard InChI is InChI=1S/C30H35NO3/c1-4-6-7-8-23-34-29-20-18-28(19-21-29)31(26-14-9-24(3)10-15-26)27-16-11-25(12-17-27)13-22-30(32)33-5-2/h9-22H,4-8,23H2,1-3H3/b22-13+. The van der Waals surface area contributed by atoms with Crippen LogP contribution in [-0.4, -0.2) is 19.2 Å². The minimum Gasteiger partial charge on any atom is -0.494 e. The molecule has 0 saturated heterocycles. The van der Waals surface area contributed by atoms with Gasteiger partial charge in [-0.15, -0.1) is 0 Å². The van der Waals surface area contributed by atoms with Gasteiger partial charge >= 0.3 is 5.97 Å². The molecule has 0 aliphatic rings. The monoisotopic (exact) mass is 457 g/mol. The molecule has 0 saturated carbocycles. The molecule has 0 atom stereocenters. The summed E-state index contributed by atoms with van der Waals surface area (Å²) in [7, 11) is 0. The smallest absolute Gasteiger partial charge is 0.330 e. The van der Waals surface area contributed by atoms with Crippen molar-refractivity contribution in [1.82, 2.24) is 0 Å². The van der Waals surface area contributed by atoms with Crippen LogP contribution in [0.15, 0.2) is 78.9 Å². The molecule has 0 unspecified atom stereocenters. The lowest BCUT2D eigenvalue weighted by Gasteiger charge is -2.26. The van der Waals surface area contributed by atoms with Gasteiger partial charge in [0, 0.05) is 23.1 Å². The SMILES string of the molecule is CCCCCCOc1ccc(N(c2ccc(C)cc2)c2ccc(/C=C/C(=O)OCC)cc2)cc1. The van der Waals surface area contributed by atoms with Crippen molar-refractivity contribution in [3.63, 3.8) is 0 Å². The van der Waals surface area contributed by atoms with Crippen LogP contribution >= 0.6 is 0 Å². The van der Waals surface area contributed by atoms with E-state index in [9.17, 15) is 4.79 Å². The predicted molar refractivity (Wildman–Crippen MR) is 141 cm³/mol. The van der Waals surface area contributed by atoms with Crippen molar-refractivity contribution in [2.24, 2.45) is 0 Å². The predicted octanol–water partition coefficient (Wildman–Crippen LogP) is 8.00. The minimum absolute atomic E-state index is 0.333. The number of esters is 1. The Hall–Kier alpha value is -3.53. The van der Waals surface area contributed by atoms with E-state index in [1.807, 2.05) is 24.3 Å². The van der Waals surface area contributed by atoms with Gasteiger partial charge in [-0.1, -0.05) is 56.0 Å². The fourth-order valence-electron chi connectivity index (χ4n) is 3.64. The van der Waals surface area contributed by atoms with Gasteiger partial charge < -0.3 is 14.4 Å². The number of rotatable bonds is 12. The average Bonchev–Trinajstić information content (AvgIpc) is 2.86. The topological polar surface area (TPSA) is 38.8 Å². The lowest BCUT2D eigenvalue weighted by molar-refractivity contribution is -0.137. The fourth-order valence-corrected chi connectivity index (χ4v) is 3.64. The van der Waals surface area contributed by atoms with Crippen LogP contribution in [0.4, 0.5) is 17.1 Å². The van der Waals surface area contributed by atoms with Crippen molar-refractivity contribution >= 4 is 29.1 Å². The first-order valence-electron chi connectivity index (χ1n) is 12.1. The van der Waals surface area contributed by atoms with Crippen molar-refractivity contribution in [3.8, 4) is 5.75 Å². The van der Waals surface area contributed by atoms with E-state index in [1.54, 1.807) is 13.0 Å². The number of aryl methyl sites for hydroxylation is 1. The zero-order valence-corrected chi connectivity index (χ0v) is 20.5. The van der Waals surface area contributed by atoms with Crippen LogP contribution in [0.1, 0.15) is 50.7 Å². The van der Waals surface area contributed by atoms with Gasteiger partial charge in [0.25, 0.3) is 0 Å². The summed E-state index contributed by atoms with van der Waals surface area (Å²) in [5, 5.41) is 0. The van der Waals surface area contributed by atoms with E-state index in [-0.39, 0.29) is 5.97 Å². The zero-order valence-electron chi connectivity index (χ0n) is 20.5. The van der Waals surface area contributed by atoms with Crippen molar-refractivity contribution in [1.29, 1.82) is 0 Å². The molecule has 4 nitrogen and oxygen atoms in total. The molecule has 3 aromatic rings. The molecular weight excluding hydrogens is 422 g/mol. The highest BCUT2D eigenvalue weighted by atomic mass is 16.5. The molecule has 178 valence electrons. The summed E-state index contributed by atoms with van der Waals surface area (Å²) >= 11 is 0. The largest absolute Gasteiger partial charge is 0.494 e. The second kappa shape index (κ2) is 13.2. The van der Waals surface area contributed by atoms with Crippen LogP contribution in [0.3, 0.4) is 0 Å².